The van der Waals surface area contributed by atoms with Gasteiger partial charge in [0.2, 0.25) is 5.91 Å². The number of hydrogen-bond acceptors (Lipinski definition) is 7. The maximum atomic E-state index is 11.2. The lowest BCUT2D eigenvalue weighted by atomic mass is 10.2. The number of nitro groups is 1. The standard InChI is InChI=1S/C17H15N3O4S2/c1-10(21)18-12-3-5-14-16(8-12)26-17(19-14)25-9-11-7-13(20(22)23)4-6-15(11)24-2/h3-8H,9H2,1-2H3,(H,18,21). The van der Waals surface area contributed by atoms with E-state index in [0.717, 1.165) is 25.8 Å². The van der Waals surface area contributed by atoms with E-state index in [9.17, 15) is 14.9 Å². The maximum Gasteiger partial charge on any atom is 0.270 e. The second-order valence-electron chi connectivity index (χ2n) is 5.39. The normalized spacial score (nSPS) is 10.7. The molecule has 26 heavy (non-hydrogen) atoms. The molecule has 0 bridgehead atoms. The number of ether oxygens (including phenoxy) is 1. The van der Waals surface area contributed by atoms with E-state index in [1.54, 1.807) is 6.07 Å². The molecule has 0 fully saturated rings. The van der Waals surface area contributed by atoms with E-state index in [2.05, 4.69) is 10.3 Å². The zero-order valence-corrected chi connectivity index (χ0v) is 15.6. The van der Waals surface area contributed by atoms with Gasteiger partial charge in [-0.15, -0.1) is 11.3 Å². The lowest BCUT2D eigenvalue weighted by molar-refractivity contribution is -0.384. The molecule has 0 saturated carbocycles. The van der Waals surface area contributed by atoms with Gasteiger partial charge >= 0.3 is 0 Å². The van der Waals surface area contributed by atoms with E-state index in [-0.39, 0.29) is 11.6 Å². The number of nitrogens with one attached hydrogen (secondary N) is 1. The molecule has 1 amide bonds. The molecule has 0 radical (unpaired) electrons. The number of nitro benzene ring substituents is 1. The summed E-state index contributed by atoms with van der Waals surface area (Å²) >= 11 is 2.99. The van der Waals surface area contributed by atoms with Crippen molar-refractivity contribution in [2.45, 2.75) is 17.0 Å². The van der Waals surface area contributed by atoms with Gasteiger partial charge in [-0.3, -0.25) is 14.9 Å². The van der Waals surface area contributed by atoms with E-state index < -0.39 is 4.92 Å². The molecule has 1 aromatic heterocycles. The molecule has 0 aliphatic carbocycles. The van der Waals surface area contributed by atoms with E-state index in [0.29, 0.717) is 11.5 Å². The lowest BCUT2D eigenvalue weighted by Crippen LogP contribution is -2.05. The van der Waals surface area contributed by atoms with Crippen LogP contribution in [-0.4, -0.2) is 22.9 Å². The van der Waals surface area contributed by atoms with Crippen molar-refractivity contribution in [3.8, 4) is 5.75 Å². The minimum absolute atomic E-state index is 0.0330. The fourth-order valence-corrected chi connectivity index (χ4v) is 4.46. The van der Waals surface area contributed by atoms with Crippen LogP contribution in [0.5, 0.6) is 5.75 Å². The summed E-state index contributed by atoms with van der Waals surface area (Å²) in [6, 6.07) is 10.1. The van der Waals surface area contributed by atoms with Gasteiger partial charge < -0.3 is 10.1 Å². The van der Waals surface area contributed by atoms with Crippen LogP contribution in [0.1, 0.15) is 12.5 Å². The highest BCUT2D eigenvalue weighted by Gasteiger charge is 2.13. The average Bonchev–Trinajstić information content (AvgIpc) is 3.01. The van der Waals surface area contributed by atoms with Crippen LogP contribution < -0.4 is 10.1 Å². The van der Waals surface area contributed by atoms with Crippen molar-refractivity contribution < 1.29 is 14.5 Å². The number of carbonyl (C=O) groups is 1. The molecule has 1 N–H and O–H groups in total. The number of nitrogens with zero attached hydrogens (tertiary/aromatic N) is 2. The summed E-state index contributed by atoms with van der Waals surface area (Å²) < 4.78 is 7.09. The summed E-state index contributed by atoms with van der Waals surface area (Å²) in [4.78, 5) is 26.3. The van der Waals surface area contributed by atoms with Crippen LogP contribution >= 0.6 is 23.1 Å². The summed E-state index contributed by atoms with van der Waals surface area (Å²) in [6.07, 6.45) is 0. The molecule has 0 unspecified atom stereocenters. The second kappa shape index (κ2) is 7.71. The monoisotopic (exact) mass is 389 g/mol. The Balaban J connectivity index is 1.80. The van der Waals surface area contributed by atoms with Crippen LogP contribution in [0.4, 0.5) is 11.4 Å². The lowest BCUT2D eigenvalue weighted by Gasteiger charge is -2.06. The highest BCUT2D eigenvalue weighted by Crippen LogP contribution is 2.35. The number of carbonyl (C=O) groups excluding carboxylic acids is 1. The van der Waals surface area contributed by atoms with Gasteiger partial charge in [0.1, 0.15) is 5.75 Å². The number of non-ortho nitro benzene ring substituents is 1. The van der Waals surface area contributed by atoms with Crippen molar-refractivity contribution >= 4 is 50.6 Å². The SMILES string of the molecule is COc1ccc([N+](=O)[O-])cc1CSc1nc2ccc(NC(C)=O)cc2s1. The smallest absolute Gasteiger partial charge is 0.270 e. The van der Waals surface area contributed by atoms with Crippen LogP contribution in [0.25, 0.3) is 10.2 Å². The van der Waals surface area contributed by atoms with Crippen molar-refractivity contribution in [1.82, 2.24) is 4.98 Å². The molecule has 9 heteroatoms. The van der Waals surface area contributed by atoms with Gasteiger partial charge in [0, 0.05) is 36.1 Å². The fourth-order valence-electron chi connectivity index (χ4n) is 2.38. The predicted molar refractivity (Wildman–Crippen MR) is 103 cm³/mol. The predicted octanol–water partition coefficient (Wildman–Crippen LogP) is 4.46. The summed E-state index contributed by atoms with van der Waals surface area (Å²) in [7, 11) is 1.54. The Morgan fingerprint density at radius 1 is 1.35 bits per heavy atom. The molecule has 1 heterocycles. The fraction of sp³-hybridized carbons (Fsp3) is 0.176. The minimum Gasteiger partial charge on any atom is -0.496 e. The molecule has 0 aliphatic heterocycles. The molecule has 3 aromatic rings. The number of hydrogen-bond donors (Lipinski definition) is 1. The Labute approximate surface area is 157 Å². The van der Waals surface area contributed by atoms with Gasteiger partial charge in [0.25, 0.3) is 5.69 Å². The first-order valence-electron chi connectivity index (χ1n) is 7.58. The van der Waals surface area contributed by atoms with Gasteiger partial charge in [-0.1, -0.05) is 11.8 Å². The number of aromatic nitrogens is 1. The quantitative estimate of drug-likeness (QED) is 0.380. The number of thioether (sulfide) groups is 1. The number of amides is 1. The Morgan fingerprint density at radius 2 is 2.15 bits per heavy atom. The van der Waals surface area contributed by atoms with Crippen molar-refractivity contribution in [2.24, 2.45) is 0 Å². The number of methoxy groups -OCH3 is 1. The third-order valence-corrected chi connectivity index (χ3v) is 5.73. The highest BCUT2D eigenvalue weighted by molar-refractivity contribution is 8.00. The van der Waals surface area contributed by atoms with Gasteiger partial charge in [0.05, 0.1) is 22.2 Å². The van der Waals surface area contributed by atoms with E-state index in [4.69, 9.17) is 4.74 Å². The summed E-state index contributed by atoms with van der Waals surface area (Å²) in [5.41, 5.74) is 2.35. The Hall–Kier alpha value is -2.65. The van der Waals surface area contributed by atoms with Crippen LogP contribution in [0.2, 0.25) is 0 Å². The second-order valence-corrected chi connectivity index (χ2v) is 7.64. The molecular weight excluding hydrogens is 374 g/mol. The zero-order valence-electron chi connectivity index (χ0n) is 14.0. The van der Waals surface area contributed by atoms with Crippen molar-refractivity contribution in [1.29, 1.82) is 0 Å². The van der Waals surface area contributed by atoms with Crippen LogP contribution in [0.3, 0.4) is 0 Å². The number of thiazole rings is 1. The molecule has 2 aromatic carbocycles. The van der Waals surface area contributed by atoms with Crippen LogP contribution in [-0.2, 0) is 10.5 Å². The number of rotatable bonds is 6. The van der Waals surface area contributed by atoms with E-state index >= 15 is 0 Å². The maximum absolute atomic E-state index is 11.2. The Morgan fingerprint density at radius 3 is 2.85 bits per heavy atom. The third kappa shape index (κ3) is 4.12. The van der Waals surface area contributed by atoms with E-state index in [1.807, 2.05) is 18.2 Å². The molecular formula is C17H15N3O4S2. The van der Waals surface area contributed by atoms with Gasteiger partial charge in [-0.25, -0.2) is 4.98 Å². The topological polar surface area (TPSA) is 94.4 Å². The minimum atomic E-state index is -0.422. The zero-order chi connectivity index (χ0) is 18.7. The summed E-state index contributed by atoms with van der Waals surface area (Å²) in [6.45, 7) is 1.46. The summed E-state index contributed by atoms with van der Waals surface area (Å²) in [5.74, 6) is 0.988. The van der Waals surface area contributed by atoms with E-state index in [1.165, 1.54) is 49.3 Å². The number of anilines is 1. The van der Waals surface area contributed by atoms with Crippen LogP contribution in [0.15, 0.2) is 40.7 Å². The van der Waals surface area contributed by atoms with Gasteiger partial charge in [0.15, 0.2) is 4.34 Å². The third-order valence-electron chi connectivity index (χ3n) is 3.52. The molecule has 7 nitrogen and oxygen atoms in total. The molecule has 0 spiro atoms. The molecule has 134 valence electrons. The van der Waals surface area contributed by atoms with Gasteiger partial charge in [-0.2, -0.15) is 0 Å². The largest absolute Gasteiger partial charge is 0.496 e. The number of benzene rings is 2. The molecule has 3 rings (SSSR count). The molecule has 0 atom stereocenters. The first kappa shape index (κ1) is 18.2. The highest BCUT2D eigenvalue weighted by atomic mass is 32.2. The molecule has 0 saturated heterocycles. The number of fused-ring (bicyclic) bond motifs is 1. The van der Waals surface area contributed by atoms with Crippen LogP contribution in [0, 0.1) is 10.1 Å². The van der Waals surface area contributed by atoms with Gasteiger partial charge in [-0.05, 0) is 24.3 Å². The first-order valence-corrected chi connectivity index (χ1v) is 9.39. The van der Waals surface area contributed by atoms with Crippen molar-refractivity contribution in [3.05, 3.63) is 52.1 Å². The Bertz CT molecular complexity index is 987. The summed E-state index contributed by atoms with van der Waals surface area (Å²) in [5, 5.41) is 13.7. The average molecular weight is 389 g/mol. The van der Waals surface area contributed by atoms with Crippen molar-refractivity contribution in [2.75, 3.05) is 12.4 Å². The molecule has 0 aliphatic rings. The van der Waals surface area contributed by atoms with Crippen molar-refractivity contribution in [3.63, 3.8) is 0 Å². The first-order chi connectivity index (χ1) is 12.5. The Kier molecular flexibility index (Phi) is 5.38.